The Bertz CT molecular complexity index is 433. The van der Waals surface area contributed by atoms with Gasteiger partial charge in [-0.3, -0.25) is 0 Å². The van der Waals surface area contributed by atoms with Gasteiger partial charge in [0.25, 0.3) is 0 Å². The van der Waals surface area contributed by atoms with Gasteiger partial charge in [0, 0.05) is 6.04 Å². The summed E-state index contributed by atoms with van der Waals surface area (Å²) in [7, 11) is 1.83. The van der Waals surface area contributed by atoms with Crippen LogP contribution in [0.5, 0.6) is 0 Å². The Morgan fingerprint density at radius 1 is 1.21 bits per heavy atom. The van der Waals surface area contributed by atoms with E-state index in [1.54, 1.807) is 6.07 Å². The van der Waals surface area contributed by atoms with E-state index in [-0.39, 0.29) is 11.5 Å². The lowest BCUT2D eigenvalue weighted by Crippen LogP contribution is -2.32. The van der Waals surface area contributed by atoms with Crippen molar-refractivity contribution < 1.29 is 13.2 Å². The van der Waals surface area contributed by atoms with Gasteiger partial charge in [-0.2, -0.15) is 13.2 Å². The molecule has 1 saturated carbocycles. The van der Waals surface area contributed by atoms with Gasteiger partial charge < -0.3 is 5.32 Å². The molecule has 106 valence electrons. The monoisotopic (exact) mass is 271 g/mol. The largest absolute Gasteiger partial charge is 0.416 e. The summed E-state index contributed by atoms with van der Waals surface area (Å²) in [6, 6.07) is 5.69. The maximum atomic E-state index is 12.8. The van der Waals surface area contributed by atoms with Crippen molar-refractivity contribution in [2.45, 2.75) is 44.8 Å². The van der Waals surface area contributed by atoms with Crippen LogP contribution in [0.3, 0.4) is 0 Å². The average Bonchev–Trinajstić information content (AvgIpc) is 2.77. The van der Waals surface area contributed by atoms with Crippen LogP contribution in [0.25, 0.3) is 0 Å². The minimum absolute atomic E-state index is 0.0164. The molecule has 2 rings (SSSR count). The smallest absolute Gasteiger partial charge is 0.313 e. The van der Waals surface area contributed by atoms with Crippen molar-refractivity contribution in [3.05, 3.63) is 35.4 Å². The van der Waals surface area contributed by atoms with E-state index >= 15 is 0 Å². The number of nitrogens with one attached hydrogen (secondary N) is 1. The summed E-state index contributed by atoms with van der Waals surface area (Å²) < 4.78 is 38.4. The normalized spacial score (nSPS) is 20.5. The molecule has 0 amide bonds. The highest BCUT2D eigenvalue weighted by Gasteiger charge is 2.38. The van der Waals surface area contributed by atoms with Crippen LogP contribution in [-0.4, -0.2) is 7.05 Å². The first-order valence-corrected chi connectivity index (χ1v) is 6.71. The maximum Gasteiger partial charge on any atom is 0.416 e. The molecule has 0 saturated heterocycles. The van der Waals surface area contributed by atoms with Crippen LogP contribution in [0.15, 0.2) is 24.3 Å². The number of halogens is 3. The van der Waals surface area contributed by atoms with E-state index in [9.17, 15) is 13.2 Å². The van der Waals surface area contributed by atoms with Gasteiger partial charge in [-0.25, -0.2) is 0 Å². The number of hydrogen-bond donors (Lipinski definition) is 1. The first-order chi connectivity index (χ1) is 8.87. The summed E-state index contributed by atoms with van der Waals surface area (Å²) in [6.45, 7) is 2.17. The van der Waals surface area contributed by atoms with Crippen molar-refractivity contribution in [2.75, 3.05) is 7.05 Å². The Kier molecular flexibility index (Phi) is 3.90. The van der Waals surface area contributed by atoms with Crippen molar-refractivity contribution in [3.8, 4) is 0 Å². The molecule has 0 aliphatic heterocycles. The van der Waals surface area contributed by atoms with Crippen LogP contribution >= 0.6 is 0 Å². The highest BCUT2D eigenvalue weighted by Crippen LogP contribution is 2.47. The first-order valence-electron chi connectivity index (χ1n) is 6.71. The lowest BCUT2D eigenvalue weighted by atomic mass is 9.77. The lowest BCUT2D eigenvalue weighted by Gasteiger charge is -2.34. The van der Waals surface area contributed by atoms with Crippen LogP contribution in [0.2, 0.25) is 0 Å². The molecule has 1 atom stereocenters. The summed E-state index contributed by atoms with van der Waals surface area (Å²) in [5, 5.41) is 3.21. The Hall–Kier alpha value is -1.03. The molecule has 0 spiro atoms. The Morgan fingerprint density at radius 3 is 2.37 bits per heavy atom. The molecule has 1 unspecified atom stereocenters. The molecule has 0 bridgehead atoms. The predicted molar refractivity (Wildman–Crippen MR) is 69.8 cm³/mol. The van der Waals surface area contributed by atoms with Gasteiger partial charge in [-0.05, 0) is 43.0 Å². The first kappa shape index (κ1) is 14.4. The molecule has 1 fully saturated rings. The van der Waals surface area contributed by atoms with Crippen molar-refractivity contribution in [1.29, 1.82) is 0 Å². The van der Waals surface area contributed by atoms with Crippen molar-refractivity contribution >= 4 is 0 Å². The van der Waals surface area contributed by atoms with Gasteiger partial charge >= 0.3 is 6.18 Å². The molecule has 1 nitrogen and oxygen atoms in total. The van der Waals surface area contributed by atoms with E-state index < -0.39 is 11.7 Å². The fraction of sp³-hybridized carbons (Fsp3) is 0.600. The van der Waals surface area contributed by atoms with Gasteiger partial charge in [-0.1, -0.05) is 31.9 Å². The molecule has 0 heterocycles. The zero-order valence-electron chi connectivity index (χ0n) is 11.3. The second kappa shape index (κ2) is 5.16. The Labute approximate surface area is 112 Å². The third-order valence-corrected chi connectivity index (χ3v) is 4.28. The second-order valence-corrected chi connectivity index (χ2v) is 5.71. The van der Waals surface area contributed by atoms with Gasteiger partial charge in [0.05, 0.1) is 5.56 Å². The lowest BCUT2D eigenvalue weighted by molar-refractivity contribution is -0.137. The van der Waals surface area contributed by atoms with Gasteiger partial charge in [0.15, 0.2) is 0 Å². The van der Waals surface area contributed by atoms with E-state index in [1.165, 1.54) is 12.1 Å². The predicted octanol–water partition coefficient (Wildman–Crippen LogP) is 4.55. The quantitative estimate of drug-likeness (QED) is 0.850. The molecule has 4 heteroatoms. The van der Waals surface area contributed by atoms with Crippen LogP contribution < -0.4 is 5.32 Å². The van der Waals surface area contributed by atoms with E-state index in [1.807, 2.05) is 7.05 Å². The number of hydrogen-bond acceptors (Lipinski definition) is 1. The number of alkyl halides is 3. The molecule has 19 heavy (non-hydrogen) atoms. The van der Waals surface area contributed by atoms with Crippen molar-refractivity contribution in [3.63, 3.8) is 0 Å². The molecule has 1 N–H and O–H groups in total. The SMILES string of the molecule is CNC(c1cccc(C(F)(F)F)c1)C1(C)CCCC1. The average molecular weight is 271 g/mol. The third kappa shape index (κ3) is 2.94. The zero-order chi connectivity index (χ0) is 14.1. The minimum Gasteiger partial charge on any atom is -0.313 e. The standard InChI is InChI=1S/C15H20F3N/c1-14(8-3-4-9-14)13(19-2)11-6-5-7-12(10-11)15(16,17)18/h5-7,10,13,19H,3-4,8-9H2,1-2H3. The van der Waals surface area contributed by atoms with Crippen LogP contribution in [-0.2, 0) is 6.18 Å². The van der Waals surface area contributed by atoms with Crippen LogP contribution in [0.1, 0.15) is 49.8 Å². The third-order valence-electron chi connectivity index (χ3n) is 4.28. The van der Waals surface area contributed by atoms with Gasteiger partial charge in [-0.15, -0.1) is 0 Å². The summed E-state index contributed by atoms with van der Waals surface area (Å²) in [5.41, 5.74) is 0.229. The summed E-state index contributed by atoms with van der Waals surface area (Å²) in [4.78, 5) is 0. The number of benzene rings is 1. The summed E-state index contributed by atoms with van der Waals surface area (Å²) in [5.74, 6) is 0. The summed E-state index contributed by atoms with van der Waals surface area (Å²) >= 11 is 0. The fourth-order valence-electron chi connectivity index (χ4n) is 3.28. The van der Waals surface area contributed by atoms with Crippen LogP contribution in [0.4, 0.5) is 13.2 Å². The molecule has 1 aliphatic carbocycles. The van der Waals surface area contributed by atoms with Crippen LogP contribution in [0, 0.1) is 5.41 Å². The molecule has 0 radical (unpaired) electrons. The fourth-order valence-corrected chi connectivity index (χ4v) is 3.28. The molecular weight excluding hydrogens is 251 g/mol. The van der Waals surface area contributed by atoms with Crippen molar-refractivity contribution in [2.24, 2.45) is 5.41 Å². The second-order valence-electron chi connectivity index (χ2n) is 5.71. The Morgan fingerprint density at radius 2 is 1.84 bits per heavy atom. The van der Waals surface area contributed by atoms with E-state index in [4.69, 9.17) is 0 Å². The highest BCUT2D eigenvalue weighted by atomic mass is 19.4. The molecule has 1 aromatic rings. The molecular formula is C15H20F3N. The zero-order valence-corrected chi connectivity index (χ0v) is 11.3. The van der Waals surface area contributed by atoms with E-state index in [2.05, 4.69) is 12.2 Å². The molecule has 1 aliphatic rings. The molecule has 0 aromatic heterocycles. The summed E-state index contributed by atoms with van der Waals surface area (Å²) in [6.07, 6.45) is 0.176. The van der Waals surface area contributed by atoms with Gasteiger partial charge in [0.2, 0.25) is 0 Å². The van der Waals surface area contributed by atoms with Gasteiger partial charge in [0.1, 0.15) is 0 Å². The Balaban J connectivity index is 2.33. The van der Waals surface area contributed by atoms with E-state index in [0.29, 0.717) is 0 Å². The molecule has 1 aromatic carbocycles. The highest BCUT2D eigenvalue weighted by molar-refractivity contribution is 5.29. The van der Waals surface area contributed by atoms with Crippen molar-refractivity contribution in [1.82, 2.24) is 5.32 Å². The minimum atomic E-state index is -4.27. The maximum absolute atomic E-state index is 12.8. The topological polar surface area (TPSA) is 12.0 Å². The number of rotatable bonds is 3. The van der Waals surface area contributed by atoms with E-state index in [0.717, 1.165) is 37.3 Å².